The van der Waals surface area contributed by atoms with Crippen LogP contribution < -0.4 is 5.32 Å². The molecule has 78 valence electrons. The third-order valence-electron chi connectivity index (χ3n) is 3.27. The highest BCUT2D eigenvalue weighted by Gasteiger charge is 2.20. The van der Waals surface area contributed by atoms with Gasteiger partial charge in [-0.1, -0.05) is 6.07 Å². The molecule has 3 heterocycles. The summed E-state index contributed by atoms with van der Waals surface area (Å²) in [6, 6.07) is 4.20. The lowest BCUT2D eigenvalue weighted by Gasteiger charge is -2.07. The van der Waals surface area contributed by atoms with Gasteiger partial charge in [0.1, 0.15) is 0 Å². The van der Waals surface area contributed by atoms with Crippen molar-refractivity contribution >= 4 is 5.52 Å². The standard InChI is InChI=1S/C12H15N3/c1-9-3-2-6-15-12(9)11(8-14-15)10-4-5-13-7-10/h2-3,6,8,10,13H,4-5,7H2,1H3. The van der Waals surface area contributed by atoms with Gasteiger partial charge in [-0.3, -0.25) is 0 Å². The van der Waals surface area contributed by atoms with Gasteiger partial charge in [0.2, 0.25) is 0 Å². The van der Waals surface area contributed by atoms with Crippen LogP contribution in [0.4, 0.5) is 0 Å². The average Bonchev–Trinajstić information content (AvgIpc) is 2.85. The fourth-order valence-corrected chi connectivity index (χ4v) is 2.46. The first kappa shape index (κ1) is 8.92. The Balaban J connectivity index is 2.18. The van der Waals surface area contributed by atoms with E-state index in [1.165, 1.54) is 23.1 Å². The number of rotatable bonds is 1. The monoisotopic (exact) mass is 201 g/mol. The molecule has 1 aliphatic rings. The first-order valence-corrected chi connectivity index (χ1v) is 5.50. The molecule has 0 radical (unpaired) electrons. The smallest absolute Gasteiger partial charge is 0.0725 e. The molecule has 2 aromatic heterocycles. The molecule has 0 saturated carbocycles. The fraction of sp³-hybridized carbons (Fsp3) is 0.417. The zero-order valence-corrected chi connectivity index (χ0v) is 8.90. The van der Waals surface area contributed by atoms with Gasteiger partial charge < -0.3 is 5.32 Å². The highest BCUT2D eigenvalue weighted by atomic mass is 15.2. The summed E-state index contributed by atoms with van der Waals surface area (Å²) in [7, 11) is 0. The summed E-state index contributed by atoms with van der Waals surface area (Å²) in [5.74, 6) is 0.642. The molecule has 3 rings (SSSR count). The number of aromatic nitrogens is 2. The van der Waals surface area contributed by atoms with Crippen molar-refractivity contribution in [1.82, 2.24) is 14.9 Å². The number of pyridine rings is 1. The van der Waals surface area contributed by atoms with E-state index in [2.05, 4.69) is 23.4 Å². The summed E-state index contributed by atoms with van der Waals surface area (Å²) in [5, 5.41) is 7.82. The lowest BCUT2D eigenvalue weighted by atomic mass is 9.98. The quantitative estimate of drug-likeness (QED) is 0.761. The molecule has 0 bridgehead atoms. The summed E-state index contributed by atoms with van der Waals surface area (Å²) in [4.78, 5) is 0. The summed E-state index contributed by atoms with van der Waals surface area (Å²) in [6.07, 6.45) is 5.28. The minimum absolute atomic E-state index is 0.642. The van der Waals surface area contributed by atoms with Gasteiger partial charge in [-0.25, -0.2) is 4.52 Å². The van der Waals surface area contributed by atoms with Crippen LogP contribution in [0.3, 0.4) is 0 Å². The molecule has 2 aromatic rings. The van der Waals surface area contributed by atoms with Crippen molar-refractivity contribution in [2.75, 3.05) is 13.1 Å². The van der Waals surface area contributed by atoms with Crippen LogP contribution in [0.2, 0.25) is 0 Å². The van der Waals surface area contributed by atoms with Crippen molar-refractivity contribution in [1.29, 1.82) is 0 Å². The fourth-order valence-electron chi connectivity index (χ4n) is 2.46. The van der Waals surface area contributed by atoms with E-state index >= 15 is 0 Å². The molecule has 1 saturated heterocycles. The van der Waals surface area contributed by atoms with E-state index in [1.54, 1.807) is 0 Å². The van der Waals surface area contributed by atoms with Crippen LogP contribution in [0.1, 0.15) is 23.5 Å². The van der Waals surface area contributed by atoms with E-state index in [-0.39, 0.29) is 0 Å². The van der Waals surface area contributed by atoms with E-state index in [4.69, 9.17) is 0 Å². The molecule has 1 aliphatic heterocycles. The van der Waals surface area contributed by atoms with Gasteiger partial charge in [0.25, 0.3) is 0 Å². The summed E-state index contributed by atoms with van der Waals surface area (Å²) >= 11 is 0. The molecule has 3 nitrogen and oxygen atoms in total. The highest BCUT2D eigenvalue weighted by Crippen LogP contribution is 2.27. The van der Waals surface area contributed by atoms with Crippen LogP contribution in [0.25, 0.3) is 5.52 Å². The topological polar surface area (TPSA) is 29.3 Å². The zero-order valence-electron chi connectivity index (χ0n) is 8.90. The predicted molar refractivity (Wildman–Crippen MR) is 60.2 cm³/mol. The molecule has 1 atom stereocenters. The van der Waals surface area contributed by atoms with Crippen LogP contribution in [-0.4, -0.2) is 22.7 Å². The summed E-state index contributed by atoms with van der Waals surface area (Å²) < 4.78 is 1.99. The molecule has 0 amide bonds. The number of nitrogens with zero attached hydrogens (tertiary/aromatic N) is 2. The molecular formula is C12H15N3. The van der Waals surface area contributed by atoms with Crippen LogP contribution in [0.5, 0.6) is 0 Å². The number of hydrogen-bond acceptors (Lipinski definition) is 2. The first-order valence-electron chi connectivity index (χ1n) is 5.50. The molecule has 3 heteroatoms. The summed E-state index contributed by atoms with van der Waals surface area (Å²) in [6.45, 7) is 4.38. The average molecular weight is 201 g/mol. The molecule has 1 unspecified atom stereocenters. The maximum atomic E-state index is 4.41. The van der Waals surface area contributed by atoms with Crippen LogP contribution in [0, 0.1) is 6.92 Å². The second-order valence-electron chi connectivity index (χ2n) is 4.27. The van der Waals surface area contributed by atoms with Crippen molar-refractivity contribution in [3.05, 3.63) is 35.7 Å². The molecule has 1 fully saturated rings. The molecule has 0 aromatic carbocycles. The van der Waals surface area contributed by atoms with Gasteiger partial charge in [0.15, 0.2) is 0 Å². The van der Waals surface area contributed by atoms with Gasteiger partial charge in [-0.05, 0) is 31.5 Å². The third kappa shape index (κ3) is 1.35. The molecule has 0 spiro atoms. The SMILES string of the molecule is Cc1cccn2ncc(C3CCNC3)c12. The molecular weight excluding hydrogens is 186 g/mol. The van der Waals surface area contributed by atoms with Gasteiger partial charge in [0.05, 0.1) is 11.7 Å². The number of nitrogens with one attached hydrogen (secondary N) is 1. The van der Waals surface area contributed by atoms with E-state index in [0.717, 1.165) is 13.1 Å². The second-order valence-corrected chi connectivity index (χ2v) is 4.27. The Morgan fingerprint density at radius 1 is 1.53 bits per heavy atom. The zero-order chi connectivity index (χ0) is 10.3. The van der Waals surface area contributed by atoms with Crippen molar-refractivity contribution in [2.45, 2.75) is 19.3 Å². The van der Waals surface area contributed by atoms with Crippen molar-refractivity contribution in [3.63, 3.8) is 0 Å². The Morgan fingerprint density at radius 3 is 3.27 bits per heavy atom. The number of hydrogen-bond donors (Lipinski definition) is 1. The lowest BCUT2D eigenvalue weighted by Crippen LogP contribution is -2.07. The van der Waals surface area contributed by atoms with Crippen molar-refractivity contribution in [2.24, 2.45) is 0 Å². The van der Waals surface area contributed by atoms with E-state index < -0.39 is 0 Å². The minimum atomic E-state index is 0.642. The molecule has 1 N–H and O–H groups in total. The van der Waals surface area contributed by atoms with Gasteiger partial charge in [0, 0.05) is 24.2 Å². The van der Waals surface area contributed by atoms with E-state index in [9.17, 15) is 0 Å². The Hall–Kier alpha value is -1.35. The molecule has 15 heavy (non-hydrogen) atoms. The van der Waals surface area contributed by atoms with Crippen molar-refractivity contribution in [3.8, 4) is 0 Å². The largest absolute Gasteiger partial charge is 0.316 e. The van der Waals surface area contributed by atoms with Crippen molar-refractivity contribution < 1.29 is 0 Å². The Morgan fingerprint density at radius 2 is 2.47 bits per heavy atom. The lowest BCUT2D eigenvalue weighted by molar-refractivity contribution is 0.769. The van der Waals surface area contributed by atoms with Gasteiger partial charge >= 0.3 is 0 Å². The Kier molecular flexibility index (Phi) is 1.99. The van der Waals surface area contributed by atoms with Crippen LogP contribution in [0.15, 0.2) is 24.5 Å². The minimum Gasteiger partial charge on any atom is -0.316 e. The maximum Gasteiger partial charge on any atom is 0.0725 e. The predicted octanol–water partition coefficient (Wildman–Crippen LogP) is 1.72. The second kappa shape index (κ2) is 3.35. The third-order valence-corrected chi connectivity index (χ3v) is 3.27. The Bertz CT molecular complexity index is 481. The first-order chi connectivity index (χ1) is 7.36. The normalized spacial score (nSPS) is 21.3. The van der Waals surface area contributed by atoms with E-state index in [1.807, 2.05) is 23.0 Å². The number of aryl methyl sites for hydroxylation is 1. The Labute approximate surface area is 89.1 Å². The van der Waals surface area contributed by atoms with Gasteiger partial charge in [-0.2, -0.15) is 5.10 Å². The molecule has 0 aliphatic carbocycles. The maximum absolute atomic E-state index is 4.41. The van der Waals surface area contributed by atoms with Crippen LogP contribution >= 0.6 is 0 Å². The van der Waals surface area contributed by atoms with Crippen LogP contribution in [-0.2, 0) is 0 Å². The number of fused-ring (bicyclic) bond motifs is 1. The summed E-state index contributed by atoms with van der Waals surface area (Å²) in [5.41, 5.74) is 4.02. The van der Waals surface area contributed by atoms with E-state index in [0.29, 0.717) is 5.92 Å². The van der Waals surface area contributed by atoms with Gasteiger partial charge in [-0.15, -0.1) is 0 Å². The highest BCUT2D eigenvalue weighted by molar-refractivity contribution is 5.61.